The zero-order chi connectivity index (χ0) is 15.9. The number of ether oxygens (including phenoxy) is 1. The van der Waals surface area contributed by atoms with Gasteiger partial charge in [0.1, 0.15) is 18.0 Å². The summed E-state index contributed by atoms with van der Waals surface area (Å²) in [5, 5.41) is 4.01. The first kappa shape index (κ1) is 14.2. The summed E-state index contributed by atoms with van der Waals surface area (Å²) < 4.78 is 21.1. The molecule has 8 heteroatoms. The number of amides is 1. The molecule has 2 aromatic rings. The second kappa shape index (κ2) is 5.21. The van der Waals surface area contributed by atoms with Crippen LogP contribution in [0.25, 0.3) is 5.69 Å². The van der Waals surface area contributed by atoms with Crippen molar-refractivity contribution in [1.82, 2.24) is 14.7 Å². The number of aromatic nitrogens is 3. The highest BCUT2D eigenvalue weighted by Crippen LogP contribution is 2.18. The van der Waals surface area contributed by atoms with Crippen molar-refractivity contribution in [3.05, 3.63) is 41.7 Å². The largest absolute Gasteiger partial charge is 0.513 e. The molecule has 2 heterocycles. The molecule has 0 aliphatic carbocycles. The van der Waals surface area contributed by atoms with Crippen LogP contribution in [0.5, 0.6) is 0 Å². The molecule has 0 bridgehead atoms. The van der Waals surface area contributed by atoms with Crippen molar-refractivity contribution in [3.8, 4) is 5.69 Å². The van der Waals surface area contributed by atoms with Gasteiger partial charge < -0.3 is 9.64 Å². The maximum atomic E-state index is 13.5. The van der Waals surface area contributed by atoms with Gasteiger partial charge in [0.2, 0.25) is 0 Å². The Morgan fingerprint density at radius 1 is 1.50 bits per heavy atom. The lowest BCUT2D eigenvalue weighted by Gasteiger charge is -2.12. The first-order chi connectivity index (χ1) is 10.5. The summed E-state index contributed by atoms with van der Waals surface area (Å²) in [5.41, 5.74) is 0.691. The van der Waals surface area contributed by atoms with Gasteiger partial charge in [0.05, 0.1) is 12.2 Å². The number of fused-ring (bicyclic) bond motifs is 3. The Bertz CT molecular complexity index is 771. The lowest BCUT2D eigenvalue weighted by atomic mass is 10.1. The Hall–Kier alpha value is -2.77. The topological polar surface area (TPSA) is 68.3 Å². The van der Waals surface area contributed by atoms with Crippen LogP contribution in [0.3, 0.4) is 0 Å². The van der Waals surface area contributed by atoms with Gasteiger partial charge in [-0.15, -0.1) is 0 Å². The minimum Gasteiger partial charge on any atom is -0.435 e. The average Bonchev–Trinajstić information content (AvgIpc) is 2.86. The lowest BCUT2D eigenvalue weighted by Crippen LogP contribution is -2.36. The predicted octanol–water partition coefficient (Wildman–Crippen LogP) is 0.889. The summed E-state index contributed by atoms with van der Waals surface area (Å²) in [5.74, 6) is -0.365. The number of hydrogen-bond donors (Lipinski definition) is 0. The first-order valence-corrected chi connectivity index (χ1v) is 6.74. The van der Waals surface area contributed by atoms with Crippen molar-refractivity contribution in [2.75, 3.05) is 13.7 Å². The molecule has 0 radical (unpaired) electrons. The van der Waals surface area contributed by atoms with E-state index < -0.39 is 11.9 Å². The highest BCUT2D eigenvalue weighted by Gasteiger charge is 2.34. The van der Waals surface area contributed by atoms with Crippen LogP contribution in [0.15, 0.2) is 24.5 Å². The van der Waals surface area contributed by atoms with E-state index in [4.69, 9.17) is 4.74 Å². The third kappa shape index (κ3) is 2.12. The lowest BCUT2D eigenvalue weighted by molar-refractivity contribution is -0.605. The zero-order valence-electron chi connectivity index (χ0n) is 12.1. The molecule has 3 rings (SSSR count). The van der Waals surface area contributed by atoms with E-state index in [1.54, 1.807) is 18.5 Å². The Labute approximate surface area is 125 Å². The van der Waals surface area contributed by atoms with Gasteiger partial charge in [0.15, 0.2) is 0 Å². The summed E-state index contributed by atoms with van der Waals surface area (Å²) in [6, 6.07) is 3.93. The van der Waals surface area contributed by atoms with Gasteiger partial charge >= 0.3 is 6.09 Å². The quantitative estimate of drug-likeness (QED) is 0.734. The highest BCUT2D eigenvalue weighted by molar-refractivity contribution is 5.97. The Morgan fingerprint density at radius 2 is 2.27 bits per heavy atom. The second-order valence-electron chi connectivity index (χ2n) is 4.85. The molecule has 0 unspecified atom stereocenters. The number of halogens is 1. The van der Waals surface area contributed by atoms with Crippen LogP contribution in [-0.2, 0) is 11.3 Å². The summed E-state index contributed by atoms with van der Waals surface area (Å²) in [4.78, 5) is 25.7. The summed E-state index contributed by atoms with van der Waals surface area (Å²) in [7, 11) is 1.58. The van der Waals surface area contributed by atoms with Gasteiger partial charge in [-0.2, -0.15) is 4.57 Å². The maximum Gasteiger partial charge on any atom is 0.513 e. The fraction of sp³-hybridized carbons (Fsp3) is 0.286. The minimum atomic E-state index is -0.623. The number of rotatable bonds is 1. The van der Waals surface area contributed by atoms with E-state index in [-0.39, 0.29) is 24.6 Å². The number of carbonyl (C=O) groups excluding carboxylic acids is 2. The third-order valence-electron chi connectivity index (χ3n) is 3.42. The standard InChI is InChI=1S/C14H14FN4O3/c1-3-22-14(21)19-12-7-17(2)13(20)10-6-9(15)4-5-11(10)18(12)8-16-19/h4-6,8H,3,7H2,1-2H3/q+1/i3-1. The normalized spacial score (nSPS) is 13.4. The van der Waals surface area contributed by atoms with Crippen molar-refractivity contribution in [2.45, 2.75) is 13.5 Å². The molecule has 114 valence electrons. The third-order valence-corrected chi connectivity index (χ3v) is 3.42. The Balaban J connectivity index is 2.20. The van der Waals surface area contributed by atoms with Gasteiger partial charge in [-0.1, -0.05) is 0 Å². The van der Waals surface area contributed by atoms with Crippen LogP contribution in [0.4, 0.5) is 9.18 Å². The van der Waals surface area contributed by atoms with Crippen molar-refractivity contribution < 1.29 is 23.3 Å². The second-order valence-corrected chi connectivity index (χ2v) is 4.85. The molecule has 0 spiro atoms. The minimum absolute atomic E-state index is 0.147. The van der Waals surface area contributed by atoms with Gasteiger partial charge in [-0.25, -0.2) is 9.18 Å². The number of nitrogens with zero attached hydrogens (tertiary/aromatic N) is 4. The van der Waals surface area contributed by atoms with Crippen molar-refractivity contribution in [3.63, 3.8) is 0 Å². The molecule has 0 fully saturated rings. The van der Waals surface area contributed by atoms with E-state index in [1.807, 2.05) is 0 Å². The van der Waals surface area contributed by atoms with E-state index in [2.05, 4.69) is 5.10 Å². The predicted molar refractivity (Wildman–Crippen MR) is 71.9 cm³/mol. The van der Waals surface area contributed by atoms with Gasteiger partial charge in [-0.05, 0) is 29.8 Å². The molecule has 22 heavy (non-hydrogen) atoms. The summed E-state index contributed by atoms with van der Waals surface area (Å²) in [6.45, 7) is 2.06. The maximum absolute atomic E-state index is 13.5. The van der Waals surface area contributed by atoms with Gasteiger partial charge in [0.25, 0.3) is 18.1 Å². The first-order valence-electron chi connectivity index (χ1n) is 6.74. The Kier molecular flexibility index (Phi) is 3.36. The molecular weight excluding hydrogens is 290 g/mol. The Morgan fingerprint density at radius 3 is 3.00 bits per heavy atom. The van der Waals surface area contributed by atoms with Crippen LogP contribution in [-0.4, -0.2) is 40.3 Å². The summed E-state index contributed by atoms with van der Waals surface area (Å²) in [6.07, 6.45) is 0.790. The van der Waals surface area contributed by atoms with Crippen LogP contribution in [0.1, 0.15) is 23.1 Å². The van der Waals surface area contributed by atoms with E-state index >= 15 is 0 Å². The van der Waals surface area contributed by atoms with Crippen LogP contribution >= 0.6 is 0 Å². The van der Waals surface area contributed by atoms with Gasteiger partial charge in [0, 0.05) is 12.1 Å². The molecule has 0 saturated heterocycles. The highest BCUT2D eigenvalue weighted by atomic mass is 19.1. The van der Waals surface area contributed by atoms with E-state index in [0.29, 0.717) is 11.5 Å². The molecular formula is C14H14FN4O3+. The molecule has 7 nitrogen and oxygen atoms in total. The average molecular weight is 304 g/mol. The molecule has 0 atom stereocenters. The zero-order valence-corrected chi connectivity index (χ0v) is 12.1. The number of hydrogen-bond acceptors (Lipinski definition) is 4. The molecule has 1 aliphatic rings. The van der Waals surface area contributed by atoms with E-state index in [1.165, 1.54) is 29.4 Å². The molecule has 1 aromatic heterocycles. The number of carbonyl (C=O) groups is 2. The van der Waals surface area contributed by atoms with E-state index in [0.717, 1.165) is 4.68 Å². The van der Waals surface area contributed by atoms with Crippen molar-refractivity contribution >= 4 is 12.0 Å². The van der Waals surface area contributed by atoms with Crippen LogP contribution in [0.2, 0.25) is 0 Å². The monoisotopic (exact) mass is 304 g/mol. The van der Waals surface area contributed by atoms with Crippen molar-refractivity contribution in [2.24, 2.45) is 0 Å². The fourth-order valence-corrected chi connectivity index (χ4v) is 2.40. The molecule has 0 N–H and O–H groups in total. The molecule has 1 amide bonds. The smallest absolute Gasteiger partial charge is 0.435 e. The SMILES string of the molecule is C[11CH2]OC(=O)n1nc[n+]2c1CN(C)C(=O)c1cc(F)ccc1-2. The number of benzene rings is 1. The van der Waals surface area contributed by atoms with Gasteiger partial charge in [-0.3, -0.25) is 4.79 Å². The summed E-state index contributed by atoms with van der Waals surface area (Å²) >= 11 is 0. The van der Waals surface area contributed by atoms with Crippen LogP contribution in [0, 0.1) is 5.82 Å². The molecule has 0 saturated carbocycles. The van der Waals surface area contributed by atoms with E-state index in [9.17, 15) is 14.0 Å². The fourth-order valence-electron chi connectivity index (χ4n) is 2.40. The molecule has 1 aromatic carbocycles. The molecule has 1 aliphatic heterocycles. The van der Waals surface area contributed by atoms with Crippen molar-refractivity contribution in [1.29, 1.82) is 0 Å². The van der Waals surface area contributed by atoms with Crippen LogP contribution < -0.4 is 4.57 Å².